The normalized spacial score (nSPS) is 21.5. The Hall–Kier alpha value is -2.90. The van der Waals surface area contributed by atoms with Crippen molar-refractivity contribution in [3.05, 3.63) is 23.6 Å². The van der Waals surface area contributed by atoms with Crippen LogP contribution in [0.3, 0.4) is 0 Å². The minimum absolute atomic E-state index is 0.122. The van der Waals surface area contributed by atoms with Crippen molar-refractivity contribution in [1.82, 2.24) is 25.2 Å². The lowest BCUT2D eigenvalue weighted by atomic mass is 9.82. The van der Waals surface area contributed by atoms with Gasteiger partial charge in [0.15, 0.2) is 5.76 Å². The van der Waals surface area contributed by atoms with Crippen LogP contribution in [0.15, 0.2) is 16.8 Å². The molecule has 0 unspecified atom stereocenters. The molecule has 29 heavy (non-hydrogen) atoms. The van der Waals surface area contributed by atoms with Crippen molar-refractivity contribution in [2.45, 2.75) is 64.5 Å². The average Bonchev–Trinajstić information content (AvgIpc) is 3.27. The number of nitrogen functional groups attached to an aromatic ring is 1. The van der Waals surface area contributed by atoms with Gasteiger partial charge >= 0.3 is 0 Å². The van der Waals surface area contributed by atoms with Crippen LogP contribution in [0.25, 0.3) is 22.3 Å². The Kier molecular flexibility index (Phi) is 4.11. The van der Waals surface area contributed by atoms with Crippen LogP contribution in [0.4, 0.5) is 5.82 Å². The summed E-state index contributed by atoms with van der Waals surface area (Å²) >= 11 is 0. The van der Waals surface area contributed by atoms with E-state index >= 15 is 0 Å². The van der Waals surface area contributed by atoms with Gasteiger partial charge in [0.05, 0.1) is 10.9 Å². The van der Waals surface area contributed by atoms with Crippen molar-refractivity contribution in [3.8, 4) is 11.4 Å². The van der Waals surface area contributed by atoms with Crippen molar-refractivity contribution in [3.63, 3.8) is 0 Å². The second-order valence-corrected chi connectivity index (χ2v) is 8.77. The van der Waals surface area contributed by atoms with Crippen molar-refractivity contribution >= 4 is 22.6 Å². The number of carbonyl (C=O) groups is 1. The largest absolute Gasteiger partial charge is 0.383 e. The van der Waals surface area contributed by atoms with Gasteiger partial charge in [0.1, 0.15) is 22.8 Å². The first-order chi connectivity index (χ1) is 13.9. The first kappa shape index (κ1) is 18.1. The number of pyridine rings is 1. The molecular formula is C21H26N6O2. The number of carbonyl (C=O) groups excluding carboxylic acids is 1. The lowest BCUT2D eigenvalue weighted by Gasteiger charge is -2.33. The third-order valence-electron chi connectivity index (χ3n) is 5.97. The van der Waals surface area contributed by atoms with Crippen LogP contribution in [0, 0.1) is 5.92 Å². The van der Waals surface area contributed by atoms with Crippen LogP contribution in [-0.4, -0.2) is 31.9 Å². The smallest absolute Gasteiger partial charge is 0.257 e. The zero-order valence-electron chi connectivity index (χ0n) is 17.0. The Balaban J connectivity index is 1.64. The molecule has 3 aromatic rings. The molecule has 0 spiro atoms. The predicted molar refractivity (Wildman–Crippen MR) is 109 cm³/mol. The van der Waals surface area contributed by atoms with E-state index in [0.717, 1.165) is 31.2 Å². The Morgan fingerprint density at radius 2 is 2.07 bits per heavy atom. The zero-order chi connectivity index (χ0) is 20.3. The van der Waals surface area contributed by atoms with E-state index < -0.39 is 0 Å². The molecule has 152 valence electrons. The number of hydrogen-bond donors (Lipinski definition) is 2. The fourth-order valence-electron chi connectivity index (χ4n) is 4.26. The molecule has 0 bridgehead atoms. The molecule has 2 aliphatic rings. The Bertz CT molecular complexity index is 1090. The van der Waals surface area contributed by atoms with Gasteiger partial charge in [-0.1, -0.05) is 12.1 Å². The molecule has 2 saturated carbocycles. The number of nitrogens with two attached hydrogens (primary N) is 1. The van der Waals surface area contributed by atoms with Gasteiger partial charge in [-0.05, 0) is 51.5 Å². The van der Waals surface area contributed by atoms with Crippen LogP contribution in [0.1, 0.15) is 74.5 Å². The average molecular weight is 394 g/mol. The molecule has 0 aromatic carbocycles. The summed E-state index contributed by atoms with van der Waals surface area (Å²) in [6.45, 7) is 6.30. The molecule has 0 atom stereocenters. The van der Waals surface area contributed by atoms with Gasteiger partial charge in [-0.2, -0.15) is 5.10 Å². The monoisotopic (exact) mass is 394 g/mol. The number of rotatable bonds is 5. The molecule has 8 nitrogen and oxygen atoms in total. The minimum atomic E-state index is -0.130. The van der Waals surface area contributed by atoms with E-state index in [4.69, 9.17) is 15.4 Å². The van der Waals surface area contributed by atoms with Gasteiger partial charge in [0, 0.05) is 24.2 Å². The number of nitrogens with zero attached hydrogens (tertiary/aromatic N) is 4. The quantitative estimate of drug-likeness (QED) is 0.683. The first-order valence-electron chi connectivity index (χ1n) is 10.4. The van der Waals surface area contributed by atoms with Crippen LogP contribution < -0.4 is 11.1 Å². The van der Waals surface area contributed by atoms with E-state index in [0.29, 0.717) is 39.8 Å². The third kappa shape index (κ3) is 2.97. The SMILES string of the molecule is CC1CC(NC(=O)c2c(-c3nn(C(C)C)c4ccnc(N)c34)noc2C2CC2)C1. The standard InChI is InChI=1S/C21H26N6O2/c1-10(2)27-14-6-7-23-20(22)15(14)17(25-27)18-16(19(29-26-18)12-4-5-12)21(28)24-13-8-11(3)9-13/h6-7,10-13H,4-5,8-9H2,1-3H3,(H2,22,23)(H,24,28). The lowest BCUT2D eigenvalue weighted by Crippen LogP contribution is -2.43. The number of nitrogens with one attached hydrogen (secondary N) is 1. The topological polar surface area (TPSA) is 112 Å². The molecule has 0 saturated heterocycles. The third-order valence-corrected chi connectivity index (χ3v) is 5.97. The highest BCUT2D eigenvalue weighted by Gasteiger charge is 2.38. The Morgan fingerprint density at radius 3 is 2.72 bits per heavy atom. The van der Waals surface area contributed by atoms with E-state index in [9.17, 15) is 4.79 Å². The van der Waals surface area contributed by atoms with E-state index in [-0.39, 0.29) is 23.9 Å². The lowest BCUT2D eigenvalue weighted by molar-refractivity contribution is 0.0894. The van der Waals surface area contributed by atoms with Crippen molar-refractivity contribution in [2.24, 2.45) is 5.92 Å². The summed E-state index contributed by atoms with van der Waals surface area (Å²) in [7, 11) is 0. The number of fused-ring (bicyclic) bond motifs is 1. The predicted octanol–water partition coefficient (Wildman–Crippen LogP) is 3.66. The molecule has 3 aromatic heterocycles. The summed E-state index contributed by atoms with van der Waals surface area (Å²) in [5.74, 6) is 1.82. The van der Waals surface area contributed by atoms with Gasteiger partial charge in [0.25, 0.3) is 5.91 Å². The second-order valence-electron chi connectivity index (χ2n) is 8.77. The van der Waals surface area contributed by atoms with Crippen LogP contribution in [0.5, 0.6) is 0 Å². The summed E-state index contributed by atoms with van der Waals surface area (Å²) in [6.07, 6.45) is 5.71. The summed E-state index contributed by atoms with van der Waals surface area (Å²) in [6, 6.07) is 2.22. The maximum Gasteiger partial charge on any atom is 0.257 e. The first-order valence-corrected chi connectivity index (χ1v) is 10.4. The molecule has 2 aliphatic carbocycles. The molecule has 5 rings (SSSR count). The van der Waals surface area contributed by atoms with Gasteiger partial charge in [-0.15, -0.1) is 0 Å². The van der Waals surface area contributed by atoms with Gasteiger partial charge < -0.3 is 15.6 Å². The fourth-order valence-corrected chi connectivity index (χ4v) is 4.26. The fraction of sp³-hybridized carbons (Fsp3) is 0.524. The van der Waals surface area contributed by atoms with Crippen molar-refractivity contribution < 1.29 is 9.32 Å². The van der Waals surface area contributed by atoms with Crippen LogP contribution in [-0.2, 0) is 0 Å². The maximum atomic E-state index is 13.2. The maximum absolute atomic E-state index is 13.2. The number of hydrogen-bond acceptors (Lipinski definition) is 6. The molecule has 1 amide bonds. The molecule has 0 radical (unpaired) electrons. The van der Waals surface area contributed by atoms with Crippen LogP contribution >= 0.6 is 0 Å². The number of aromatic nitrogens is 4. The highest BCUT2D eigenvalue weighted by molar-refractivity contribution is 6.06. The molecule has 2 fully saturated rings. The van der Waals surface area contributed by atoms with E-state index in [1.165, 1.54) is 0 Å². The molecule has 8 heteroatoms. The summed E-state index contributed by atoms with van der Waals surface area (Å²) < 4.78 is 7.58. The summed E-state index contributed by atoms with van der Waals surface area (Å²) in [5.41, 5.74) is 8.61. The van der Waals surface area contributed by atoms with E-state index in [1.54, 1.807) is 6.20 Å². The minimum Gasteiger partial charge on any atom is -0.383 e. The van der Waals surface area contributed by atoms with Gasteiger partial charge in [-0.25, -0.2) is 4.98 Å². The zero-order valence-corrected chi connectivity index (χ0v) is 17.0. The van der Waals surface area contributed by atoms with Crippen molar-refractivity contribution in [2.75, 3.05) is 5.73 Å². The van der Waals surface area contributed by atoms with Gasteiger partial charge in [-0.3, -0.25) is 9.48 Å². The highest BCUT2D eigenvalue weighted by atomic mass is 16.5. The molecular weight excluding hydrogens is 368 g/mol. The van der Waals surface area contributed by atoms with E-state index in [2.05, 4.69) is 36.2 Å². The van der Waals surface area contributed by atoms with E-state index in [1.807, 2.05) is 10.7 Å². The second kappa shape index (κ2) is 6.57. The number of amides is 1. The molecule has 0 aliphatic heterocycles. The van der Waals surface area contributed by atoms with Gasteiger partial charge in [0.2, 0.25) is 0 Å². The van der Waals surface area contributed by atoms with Crippen molar-refractivity contribution in [1.29, 1.82) is 0 Å². The highest BCUT2D eigenvalue weighted by Crippen LogP contribution is 2.45. The Morgan fingerprint density at radius 1 is 1.31 bits per heavy atom. The Labute approximate surface area is 168 Å². The van der Waals surface area contributed by atoms with Crippen LogP contribution in [0.2, 0.25) is 0 Å². The molecule has 3 heterocycles. The summed E-state index contributed by atoms with van der Waals surface area (Å²) in [5, 5.41) is 12.9. The molecule has 3 N–H and O–H groups in total. The number of anilines is 1. The summed E-state index contributed by atoms with van der Waals surface area (Å²) in [4.78, 5) is 17.5.